The van der Waals surface area contributed by atoms with Gasteiger partial charge in [-0.15, -0.1) is 12.4 Å². The van der Waals surface area contributed by atoms with Crippen LogP contribution in [0.25, 0.3) is 0 Å². The Morgan fingerprint density at radius 2 is 1.86 bits per heavy atom. The van der Waals surface area contributed by atoms with Crippen molar-refractivity contribution in [1.82, 2.24) is 0 Å². The van der Waals surface area contributed by atoms with Crippen molar-refractivity contribution in [3.63, 3.8) is 0 Å². The van der Waals surface area contributed by atoms with E-state index in [0.717, 1.165) is 4.47 Å². The Morgan fingerprint density at radius 3 is 2.29 bits per heavy atom. The summed E-state index contributed by atoms with van der Waals surface area (Å²) in [5.41, 5.74) is 5.27. The van der Waals surface area contributed by atoms with Crippen LogP contribution in [0.15, 0.2) is 33.6 Å². The molecule has 0 heterocycles. The molecule has 0 saturated carbocycles. The van der Waals surface area contributed by atoms with Gasteiger partial charge >= 0.3 is 0 Å². The van der Waals surface area contributed by atoms with Crippen molar-refractivity contribution in [3.05, 3.63) is 28.7 Å². The average molecular weight is 300 g/mol. The molecule has 0 bridgehead atoms. The minimum atomic E-state index is -2.67. The zero-order chi connectivity index (χ0) is 9.90. The predicted octanol–water partition coefficient (Wildman–Crippen LogP) is 2.24. The van der Waals surface area contributed by atoms with Crippen LogP contribution in [-0.4, -0.2) is 16.5 Å². The van der Waals surface area contributed by atoms with E-state index in [-0.39, 0.29) is 24.7 Å². The standard InChI is InChI=1S/C8H11BrN2OS.ClH/c9-7-1-3-8(4-2-7)13(11,12)6-5-10;/h1-4,11H,5-6,10H2;1H. The number of benzene rings is 1. The monoisotopic (exact) mass is 298 g/mol. The van der Waals surface area contributed by atoms with Crippen LogP contribution in [0.2, 0.25) is 0 Å². The third-order valence-corrected chi connectivity index (χ3v) is 3.97. The summed E-state index contributed by atoms with van der Waals surface area (Å²) in [6, 6.07) is 6.93. The summed E-state index contributed by atoms with van der Waals surface area (Å²) in [5.74, 6) is 0.217. The number of hydrogen-bond acceptors (Lipinski definition) is 3. The van der Waals surface area contributed by atoms with Crippen LogP contribution >= 0.6 is 28.3 Å². The summed E-state index contributed by atoms with van der Waals surface area (Å²) in [7, 11) is -2.67. The van der Waals surface area contributed by atoms with Crippen molar-refractivity contribution in [2.75, 3.05) is 12.3 Å². The fourth-order valence-corrected chi connectivity index (χ4v) is 2.35. The number of nitrogens with two attached hydrogens (primary N) is 1. The van der Waals surface area contributed by atoms with E-state index in [1.807, 2.05) is 0 Å². The first-order valence-electron chi connectivity index (χ1n) is 3.78. The predicted molar refractivity (Wildman–Crippen MR) is 64.4 cm³/mol. The second-order valence-electron chi connectivity index (χ2n) is 2.62. The molecule has 3 N–H and O–H groups in total. The van der Waals surface area contributed by atoms with Crippen LogP contribution in [0.5, 0.6) is 0 Å². The molecule has 1 aromatic carbocycles. The minimum Gasteiger partial charge on any atom is -0.330 e. The first-order valence-corrected chi connectivity index (χ1v) is 6.30. The summed E-state index contributed by atoms with van der Waals surface area (Å²) in [6.45, 7) is 0.276. The van der Waals surface area contributed by atoms with Crippen molar-refractivity contribution in [2.24, 2.45) is 5.73 Å². The molecule has 0 saturated heterocycles. The Morgan fingerprint density at radius 1 is 1.36 bits per heavy atom. The van der Waals surface area contributed by atoms with E-state index in [4.69, 9.17) is 10.5 Å². The number of nitrogens with one attached hydrogen (secondary N) is 1. The maximum absolute atomic E-state index is 11.7. The molecule has 3 nitrogen and oxygen atoms in total. The molecule has 1 aromatic rings. The van der Waals surface area contributed by atoms with Crippen molar-refractivity contribution in [2.45, 2.75) is 4.90 Å². The van der Waals surface area contributed by atoms with Gasteiger partial charge in [-0.2, -0.15) is 0 Å². The summed E-state index contributed by atoms with van der Waals surface area (Å²) < 4.78 is 20.2. The van der Waals surface area contributed by atoms with Crippen LogP contribution in [0.3, 0.4) is 0 Å². The summed E-state index contributed by atoms with van der Waals surface area (Å²) in [4.78, 5) is 0.543. The number of halogens is 2. The summed E-state index contributed by atoms with van der Waals surface area (Å²) in [5, 5.41) is 0. The highest BCUT2D eigenvalue weighted by Gasteiger charge is 2.07. The first-order chi connectivity index (χ1) is 6.06. The maximum atomic E-state index is 11.7. The number of hydrogen-bond donors (Lipinski definition) is 2. The average Bonchev–Trinajstić information content (AvgIpc) is 2.05. The highest BCUT2D eigenvalue weighted by atomic mass is 79.9. The van der Waals surface area contributed by atoms with Gasteiger partial charge < -0.3 is 5.73 Å². The molecule has 14 heavy (non-hydrogen) atoms. The summed E-state index contributed by atoms with van der Waals surface area (Å²) in [6.07, 6.45) is 0. The molecular formula is C8H12BrClN2OS. The Labute approximate surface area is 98.6 Å². The highest BCUT2D eigenvalue weighted by molar-refractivity contribution is 9.10. The molecule has 0 radical (unpaired) electrons. The van der Waals surface area contributed by atoms with Gasteiger partial charge in [0.05, 0.1) is 9.73 Å². The molecule has 1 unspecified atom stereocenters. The van der Waals surface area contributed by atoms with Gasteiger partial charge in [-0.3, -0.25) is 0 Å². The summed E-state index contributed by atoms with van der Waals surface area (Å²) >= 11 is 3.27. The quantitative estimate of drug-likeness (QED) is 0.899. The Balaban J connectivity index is 0.00000169. The van der Waals surface area contributed by atoms with Crippen LogP contribution in [0, 0.1) is 4.78 Å². The van der Waals surface area contributed by atoms with E-state index in [2.05, 4.69) is 15.9 Å². The van der Waals surface area contributed by atoms with Gasteiger partial charge in [0.25, 0.3) is 0 Å². The van der Waals surface area contributed by atoms with Crippen molar-refractivity contribution in [1.29, 1.82) is 4.78 Å². The van der Waals surface area contributed by atoms with Crippen LogP contribution in [0.1, 0.15) is 0 Å². The maximum Gasteiger partial charge on any atom is 0.0738 e. The molecule has 0 aromatic heterocycles. The molecule has 80 valence electrons. The number of rotatable bonds is 3. The van der Waals surface area contributed by atoms with Gasteiger partial charge in [-0.1, -0.05) is 15.9 Å². The van der Waals surface area contributed by atoms with E-state index in [1.54, 1.807) is 24.3 Å². The lowest BCUT2D eigenvalue weighted by atomic mass is 10.4. The Kier molecular flexibility index (Phi) is 5.66. The molecule has 0 aliphatic heterocycles. The largest absolute Gasteiger partial charge is 0.330 e. The smallest absolute Gasteiger partial charge is 0.0738 e. The first kappa shape index (κ1) is 13.9. The topological polar surface area (TPSA) is 66.9 Å². The van der Waals surface area contributed by atoms with Gasteiger partial charge in [-0.05, 0) is 24.3 Å². The van der Waals surface area contributed by atoms with Gasteiger partial charge in [0.15, 0.2) is 0 Å². The fourth-order valence-electron chi connectivity index (χ4n) is 0.938. The second kappa shape index (κ2) is 5.70. The van der Waals surface area contributed by atoms with Crippen molar-refractivity contribution < 1.29 is 4.21 Å². The molecular weight excluding hydrogens is 288 g/mol. The van der Waals surface area contributed by atoms with E-state index >= 15 is 0 Å². The lowest BCUT2D eigenvalue weighted by Crippen LogP contribution is -2.14. The van der Waals surface area contributed by atoms with E-state index in [1.165, 1.54) is 0 Å². The van der Waals surface area contributed by atoms with Crippen molar-refractivity contribution in [3.8, 4) is 0 Å². The third-order valence-electron chi connectivity index (χ3n) is 1.60. The minimum absolute atomic E-state index is 0. The molecule has 0 aliphatic rings. The van der Waals surface area contributed by atoms with E-state index in [0.29, 0.717) is 4.90 Å². The Bertz CT molecular complexity index is 377. The Hall–Kier alpha value is -0.100. The molecule has 1 atom stereocenters. The third kappa shape index (κ3) is 3.57. The highest BCUT2D eigenvalue weighted by Crippen LogP contribution is 2.15. The molecule has 0 spiro atoms. The molecule has 6 heteroatoms. The SMILES string of the molecule is Cl.N=S(=O)(CCN)c1ccc(Br)cc1. The molecule has 0 amide bonds. The van der Waals surface area contributed by atoms with Crippen LogP contribution in [0.4, 0.5) is 0 Å². The van der Waals surface area contributed by atoms with Crippen molar-refractivity contribution >= 4 is 38.1 Å². The van der Waals surface area contributed by atoms with Crippen LogP contribution in [-0.2, 0) is 9.73 Å². The van der Waals surface area contributed by atoms with Gasteiger partial charge in [0.2, 0.25) is 0 Å². The zero-order valence-electron chi connectivity index (χ0n) is 7.40. The molecule has 0 fully saturated rings. The second-order valence-corrected chi connectivity index (χ2v) is 5.77. The van der Waals surface area contributed by atoms with E-state index in [9.17, 15) is 4.21 Å². The lowest BCUT2D eigenvalue weighted by molar-refractivity contribution is 0.674. The van der Waals surface area contributed by atoms with Gasteiger partial charge in [-0.25, -0.2) is 8.99 Å². The van der Waals surface area contributed by atoms with Crippen LogP contribution < -0.4 is 5.73 Å². The molecule has 1 rings (SSSR count). The lowest BCUT2D eigenvalue weighted by Gasteiger charge is -2.05. The fraction of sp³-hybridized carbons (Fsp3) is 0.250. The normalized spacial score (nSPS) is 14.1. The van der Waals surface area contributed by atoms with Gasteiger partial charge in [0, 0.05) is 21.7 Å². The molecule has 0 aliphatic carbocycles. The zero-order valence-corrected chi connectivity index (χ0v) is 10.6. The van der Waals surface area contributed by atoms with Gasteiger partial charge in [0.1, 0.15) is 0 Å². The van der Waals surface area contributed by atoms with E-state index < -0.39 is 9.73 Å².